The van der Waals surface area contributed by atoms with Crippen molar-refractivity contribution in [3.8, 4) is 11.5 Å². The Morgan fingerprint density at radius 3 is 1.13 bits per heavy atom. The summed E-state index contributed by atoms with van der Waals surface area (Å²) >= 11 is 0. The largest absolute Gasteiger partial charge is 0.504 e. The summed E-state index contributed by atoms with van der Waals surface area (Å²) in [7, 11) is 0. The standard InChI is InChI=1S/C48H30N4O2/c53-43-25-49-45-37-15-9-31-21-27-5-1-3-7-29(27)23-41(31)35(37)17-19-39(45)47(43)51-33-11-13-34(14-12-33)52-48-40-20-18-36-38(46(40)50-26-44(48)54)16-10-32-22-28-6-2-4-8-30(28)24-42(32)36/h1-26,53-54H,(H,49,51)(H,50,52). The third-order valence-corrected chi connectivity index (χ3v) is 10.8. The fourth-order valence-electron chi connectivity index (χ4n) is 8.15. The van der Waals surface area contributed by atoms with Crippen molar-refractivity contribution in [2.24, 2.45) is 0 Å². The number of rotatable bonds is 4. The molecule has 6 heteroatoms. The minimum absolute atomic E-state index is 0.0669. The summed E-state index contributed by atoms with van der Waals surface area (Å²) in [6, 6.07) is 50.4. The van der Waals surface area contributed by atoms with Gasteiger partial charge < -0.3 is 20.8 Å². The molecule has 0 saturated heterocycles. The van der Waals surface area contributed by atoms with Crippen LogP contribution in [0, 0.1) is 0 Å². The Labute approximate surface area is 308 Å². The third kappa shape index (κ3) is 4.67. The van der Waals surface area contributed by atoms with Gasteiger partial charge in [0.25, 0.3) is 0 Å². The van der Waals surface area contributed by atoms with Crippen LogP contribution in [0.3, 0.4) is 0 Å². The lowest BCUT2D eigenvalue weighted by atomic mass is 9.96. The summed E-state index contributed by atoms with van der Waals surface area (Å²) in [5.74, 6) is 0.134. The fraction of sp³-hybridized carbons (Fsp3) is 0. The fourth-order valence-corrected chi connectivity index (χ4v) is 8.15. The Bertz CT molecular complexity index is 3130. The summed E-state index contributed by atoms with van der Waals surface area (Å²) in [4.78, 5) is 9.38. The molecule has 0 fully saturated rings. The zero-order valence-corrected chi connectivity index (χ0v) is 28.8. The molecule has 0 spiro atoms. The lowest BCUT2D eigenvalue weighted by Gasteiger charge is -2.16. The Morgan fingerprint density at radius 1 is 0.333 bits per heavy atom. The first-order chi connectivity index (χ1) is 26.6. The van der Waals surface area contributed by atoms with E-state index >= 15 is 0 Å². The Morgan fingerprint density at radius 2 is 0.704 bits per heavy atom. The number of aromatic hydroxyl groups is 2. The molecule has 0 aliphatic heterocycles. The van der Waals surface area contributed by atoms with E-state index in [-0.39, 0.29) is 11.5 Å². The van der Waals surface area contributed by atoms with Crippen molar-refractivity contribution in [3.05, 3.63) is 158 Å². The van der Waals surface area contributed by atoms with Crippen molar-refractivity contribution in [3.63, 3.8) is 0 Å². The molecule has 11 rings (SSSR count). The maximum atomic E-state index is 11.0. The Kier molecular flexibility index (Phi) is 6.45. The summed E-state index contributed by atoms with van der Waals surface area (Å²) in [6.07, 6.45) is 3.02. The number of hydrogen-bond donors (Lipinski definition) is 4. The number of benzene rings is 9. The summed E-state index contributed by atoms with van der Waals surface area (Å²) in [5, 5.41) is 44.4. The number of aromatic nitrogens is 2. The van der Waals surface area contributed by atoms with Gasteiger partial charge in [-0.3, -0.25) is 9.97 Å². The van der Waals surface area contributed by atoms with Crippen LogP contribution in [0.5, 0.6) is 11.5 Å². The monoisotopic (exact) mass is 694 g/mol. The van der Waals surface area contributed by atoms with Crippen molar-refractivity contribution in [2.75, 3.05) is 10.6 Å². The minimum Gasteiger partial charge on any atom is -0.504 e. The maximum Gasteiger partial charge on any atom is 0.158 e. The van der Waals surface area contributed by atoms with E-state index in [1.807, 2.05) is 36.4 Å². The molecular formula is C48H30N4O2. The molecule has 0 unspecified atom stereocenters. The highest BCUT2D eigenvalue weighted by atomic mass is 16.3. The summed E-state index contributed by atoms with van der Waals surface area (Å²) in [5.41, 5.74) is 4.40. The van der Waals surface area contributed by atoms with E-state index in [4.69, 9.17) is 9.97 Å². The van der Waals surface area contributed by atoms with Crippen LogP contribution in [0.4, 0.5) is 22.7 Å². The highest BCUT2D eigenvalue weighted by Crippen LogP contribution is 2.41. The summed E-state index contributed by atoms with van der Waals surface area (Å²) < 4.78 is 0. The number of anilines is 4. The second-order valence-electron chi connectivity index (χ2n) is 14.0. The van der Waals surface area contributed by atoms with Crippen LogP contribution in [0.2, 0.25) is 0 Å². The van der Waals surface area contributed by atoms with Gasteiger partial charge in [0, 0.05) is 32.9 Å². The molecule has 0 radical (unpaired) electrons. The predicted molar refractivity (Wildman–Crippen MR) is 225 cm³/mol. The molecule has 0 amide bonds. The third-order valence-electron chi connectivity index (χ3n) is 10.8. The van der Waals surface area contributed by atoms with Gasteiger partial charge in [0.05, 0.1) is 34.8 Å². The van der Waals surface area contributed by atoms with E-state index < -0.39 is 0 Å². The molecule has 11 aromatic rings. The molecule has 54 heavy (non-hydrogen) atoms. The maximum absolute atomic E-state index is 11.0. The van der Waals surface area contributed by atoms with Crippen LogP contribution in [-0.4, -0.2) is 20.2 Å². The first-order valence-electron chi connectivity index (χ1n) is 17.9. The van der Waals surface area contributed by atoms with Crippen molar-refractivity contribution in [1.82, 2.24) is 9.97 Å². The number of hydrogen-bond acceptors (Lipinski definition) is 6. The number of fused-ring (bicyclic) bond motifs is 12. The van der Waals surface area contributed by atoms with Crippen LogP contribution >= 0.6 is 0 Å². The molecule has 0 saturated carbocycles. The van der Waals surface area contributed by atoms with Gasteiger partial charge in [0.1, 0.15) is 0 Å². The van der Waals surface area contributed by atoms with Crippen molar-refractivity contribution < 1.29 is 10.2 Å². The van der Waals surface area contributed by atoms with Gasteiger partial charge in [-0.2, -0.15) is 0 Å². The second kappa shape index (κ2) is 11.5. The van der Waals surface area contributed by atoms with Crippen LogP contribution in [0.25, 0.3) is 86.4 Å². The Hall–Kier alpha value is -7.44. The number of nitrogens with one attached hydrogen (secondary N) is 2. The molecule has 2 aromatic heterocycles. The van der Waals surface area contributed by atoms with Crippen LogP contribution in [-0.2, 0) is 0 Å². The van der Waals surface area contributed by atoms with Gasteiger partial charge in [-0.05, 0) is 115 Å². The normalized spacial score (nSPS) is 11.9. The molecule has 0 atom stereocenters. The lowest BCUT2D eigenvalue weighted by molar-refractivity contribution is 0.475. The summed E-state index contributed by atoms with van der Waals surface area (Å²) in [6.45, 7) is 0. The molecule has 254 valence electrons. The zero-order chi connectivity index (χ0) is 35.9. The van der Waals surface area contributed by atoms with Crippen molar-refractivity contribution in [2.45, 2.75) is 0 Å². The molecule has 0 aliphatic rings. The van der Waals surface area contributed by atoms with Crippen LogP contribution in [0.1, 0.15) is 0 Å². The highest BCUT2D eigenvalue weighted by Gasteiger charge is 2.16. The molecule has 6 nitrogen and oxygen atoms in total. The van der Waals surface area contributed by atoms with Gasteiger partial charge in [-0.1, -0.05) is 84.9 Å². The van der Waals surface area contributed by atoms with Gasteiger partial charge in [-0.15, -0.1) is 0 Å². The van der Waals surface area contributed by atoms with Crippen LogP contribution in [0.15, 0.2) is 158 Å². The van der Waals surface area contributed by atoms with E-state index in [0.29, 0.717) is 11.4 Å². The molecule has 0 aliphatic carbocycles. The van der Waals surface area contributed by atoms with E-state index in [9.17, 15) is 10.2 Å². The van der Waals surface area contributed by atoms with E-state index in [2.05, 4.69) is 120 Å². The molecule has 4 N–H and O–H groups in total. The minimum atomic E-state index is 0.0669. The van der Waals surface area contributed by atoms with Gasteiger partial charge in [-0.25, -0.2) is 0 Å². The van der Waals surface area contributed by atoms with Gasteiger partial charge in [0.2, 0.25) is 0 Å². The molecule has 9 aromatic carbocycles. The SMILES string of the molecule is Oc1cnc2c(ccc3c4cc5ccccc5cc4ccc32)c1Nc1ccc(Nc2c(O)cnc3c2ccc2c4cc5ccccc5cc4ccc23)cc1. The highest BCUT2D eigenvalue weighted by molar-refractivity contribution is 6.21. The zero-order valence-electron chi connectivity index (χ0n) is 28.8. The van der Waals surface area contributed by atoms with Crippen molar-refractivity contribution >= 4 is 109 Å². The smallest absolute Gasteiger partial charge is 0.158 e. The molecule has 0 bridgehead atoms. The first kappa shape index (κ1) is 30.2. The molecule has 2 heterocycles. The topological polar surface area (TPSA) is 90.3 Å². The van der Waals surface area contributed by atoms with Gasteiger partial charge >= 0.3 is 0 Å². The quantitative estimate of drug-likeness (QED) is 0.108. The lowest BCUT2D eigenvalue weighted by Crippen LogP contribution is -1.96. The second-order valence-corrected chi connectivity index (χ2v) is 14.0. The van der Waals surface area contributed by atoms with Crippen LogP contribution < -0.4 is 10.6 Å². The van der Waals surface area contributed by atoms with Gasteiger partial charge in [0.15, 0.2) is 11.5 Å². The number of pyridine rings is 2. The van der Waals surface area contributed by atoms with E-state index in [1.165, 1.54) is 55.5 Å². The number of nitrogens with zero attached hydrogens (tertiary/aromatic N) is 2. The average molecular weight is 695 g/mol. The Balaban J connectivity index is 0.932. The first-order valence-corrected chi connectivity index (χ1v) is 17.9. The van der Waals surface area contributed by atoms with E-state index in [0.717, 1.165) is 54.7 Å². The average Bonchev–Trinajstić information content (AvgIpc) is 3.21. The van der Waals surface area contributed by atoms with Crippen molar-refractivity contribution in [1.29, 1.82) is 0 Å². The molecular weight excluding hydrogens is 665 g/mol. The van der Waals surface area contributed by atoms with E-state index in [1.54, 1.807) is 0 Å². The predicted octanol–water partition coefficient (Wildman–Crippen LogP) is 12.6.